The summed E-state index contributed by atoms with van der Waals surface area (Å²) in [6, 6.07) is 9.64. The number of halogens is 1. The number of anilines is 2. The van der Waals surface area contributed by atoms with Crippen LogP contribution in [0.4, 0.5) is 17.1 Å². The van der Waals surface area contributed by atoms with Crippen LogP contribution in [0, 0.1) is 17.0 Å². The van der Waals surface area contributed by atoms with Crippen molar-refractivity contribution in [3.05, 3.63) is 62.7 Å². The number of ether oxygens (including phenoxy) is 1. The van der Waals surface area contributed by atoms with Crippen LogP contribution in [0.15, 0.2) is 36.4 Å². The topological polar surface area (TPSA) is 96.7 Å². The summed E-state index contributed by atoms with van der Waals surface area (Å²) in [5, 5.41) is 17.3. The Balaban J connectivity index is 1.74. The Morgan fingerprint density at radius 2 is 2.00 bits per heavy atom. The highest BCUT2D eigenvalue weighted by Gasteiger charge is 2.20. The van der Waals surface area contributed by atoms with Gasteiger partial charge >= 0.3 is 0 Å². The third-order valence-electron chi connectivity index (χ3n) is 4.46. The van der Waals surface area contributed by atoms with Crippen LogP contribution in [-0.2, 0) is 4.74 Å². The maximum Gasteiger partial charge on any atom is 0.273 e. The largest absolute Gasteiger partial charge is 0.378 e. The normalized spacial score (nSPS) is 13.7. The zero-order valence-electron chi connectivity index (χ0n) is 15.6. The fourth-order valence-electron chi connectivity index (χ4n) is 3.00. The van der Waals surface area contributed by atoms with Crippen molar-refractivity contribution >= 4 is 51.9 Å². The molecule has 2 N–H and O–H groups in total. The number of hydrogen-bond acceptors (Lipinski definition) is 6. The lowest BCUT2D eigenvalue weighted by Gasteiger charge is -2.31. The predicted molar refractivity (Wildman–Crippen MR) is 116 cm³/mol. The summed E-state index contributed by atoms with van der Waals surface area (Å²) in [6.45, 7) is 4.17. The molecule has 1 heterocycles. The van der Waals surface area contributed by atoms with Crippen LogP contribution in [0.1, 0.15) is 15.9 Å². The van der Waals surface area contributed by atoms with Crippen molar-refractivity contribution in [2.45, 2.75) is 6.92 Å². The average Bonchev–Trinajstić information content (AvgIpc) is 2.68. The first-order chi connectivity index (χ1) is 13.9. The number of carbonyl (C=O) groups excluding carboxylic acids is 1. The molecular formula is C19H19ClN4O4S. The highest BCUT2D eigenvalue weighted by Crippen LogP contribution is 2.34. The molecule has 0 saturated carbocycles. The number of amides is 1. The molecule has 2 aromatic carbocycles. The molecule has 1 fully saturated rings. The van der Waals surface area contributed by atoms with Gasteiger partial charge in [-0.15, -0.1) is 0 Å². The molecule has 1 amide bonds. The zero-order valence-corrected chi connectivity index (χ0v) is 17.2. The van der Waals surface area contributed by atoms with E-state index in [2.05, 4.69) is 15.5 Å². The minimum atomic E-state index is -0.541. The number of benzene rings is 2. The van der Waals surface area contributed by atoms with Crippen molar-refractivity contribution in [1.29, 1.82) is 0 Å². The summed E-state index contributed by atoms with van der Waals surface area (Å²) in [4.78, 5) is 25.1. The predicted octanol–water partition coefficient (Wildman–Crippen LogP) is 3.52. The molecule has 29 heavy (non-hydrogen) atoms. The fourth-order valence-corrected chi connectivity index (χ4v) is 3.50. The summed E-state index contributed by atoms with van der Waals surface area (Å²) >= 11 is 11.7. The molecule has 0 aliphatic carbocycles. The van der Waals surface area contributed by atoms with E-state index in [1.165, 1.54) is 18.2 Å². The van der Waals surface area contributed by atoms with Crippen LogP contribution in [0.5, 0.6) is 0 Å². The summed E-state index contributed by atoms with van der Waals surface area (Å²) in [5.74, 6) is -0.541. The molecule has 10 heteroatoms. The second-order valence-corrected chi connectivity index (χ2v) is 7.22. The van der Waals surface area contributed by atoms with Gasteiger partial charge in [-0.05, 0) is 37.3 Å². The molecule has 0 unspecified atom stereocenters. The maximum absolute atomic E-state index is 12.5. The minimum absolute atomic E-state index is 0.0648. The Morgan fingerprint density at radius 3 is 2.69 bits per heavy atom. The molecule has 0 bridgehead atoms. The first kappa shape index (κ1) is 21.0. The summed E-state index contributed by atoms with van der Waals surface area (Å²) in [6.07, 6.45) is 0. The van der Waals surface area contributed by atoms with Crippen LogP contribution in [-0.4, -0.2) is 42.2 Å². The highest BCUT2D eigenvalue weighted by atomic mass is 35.5. The fraction of sp³-hybridized carbons (Fsp3) is 0.263. The lowest BCUT2D eigenvalue weighted by Crippen LogP contribution is -2.38. The molecule has 0 spiro atoms. The number of nitro benzene ring substituents is 1. The highest BCUT2D eigenvalue weighted by molar-refractivity contribution is 7.80. The SMILES string of the molecule is Cc1ccc(C(=O)NC(=S)Nc2cccc(Cl)c2N2CCOCC2)cc1[N+](=O)[O-]. The summed E-state index contributed by atoms with van der Waals surface area (Å²) < 4.78 is 5.38. The van der Waals surface area contributed by atoms with E-state index in [9.17, 15) is 14.9 Å². The van der Waals surface area contributed by atoms with Gasteiger partial charge in [0.2, 0.25) is 0 Å². The van der Waals surface area contributed by atoms with Gasteiger partial charge in [0, 0.05) is 30.3 Å². The van der Waals surface area contributed by atoms with Crippen LogP contribution >= 0.6 is 23.8 Å². The Bertz CT molecular complexity index is 963. The van der Waals surface area contributed by atoms with E-state index in [-0.39, 0.29) is 16.4 Å². The zero-order chi connectivity index (χ0) is 21.0. The number of aryl methyl sites for hydroxylation is 1. The third-order valence-corrected chi connectivity index (χ3v) is 4.97. The van der Waals surface area contributed by atoms with Gasteiger partial charge in [0.1, 0.15) is 0 Å². The van der Waals surface area contributed by atoms with Gasteiger partial charge < -0.3 is 15.0 Å². The van der Waals surface area contributed by atoms with E-state index in [1.54, 1.807) is 19.1 Å². The van der Waals surface area contributed by atoms with Crippen molar-refractivity contribution in [2.24, 2.45) is 0 Å². The smallest absolute Gasteiger partial charge is 0.273 e. The first-order valence-electron chi connectivity index (χ1n) is 8.85. The van der Waals surface area contributed by atoms with E-state index < -0.39 is 10.8 Å². The number of nitrogens with zero attached hydrogens (tertiary/aromatic N) is 2. The van der Waals surface area contributed by atoms with Crippen molar-refractivity contribution in [3.8, 4) is 0 Å². The Labute approximate surface area is 177 Å². The molecule has 0 aromatic heterocycles. The molecule has 1 saturated heterocycles. The number of morpholine rings is 1. The average molecular weight is 435 g/mol. The lowest BCUT2D eigenvalue weighted by atomic mass is 10.1. The number of nitrogens with one attached hydrogen (secondary N) is 2. The minimum Gasteiger partial charge on any atom is -0.378 e. The van der Waals surface area contributed by atoms with Gasteiger partial charge in [-0.3, -0.25) is 20.2 Å². The van der Waals surface area contributed by atoms with Gasteiger partial charge in [0.15, 0.2) is 5.11 Å². The quantitative estimate of drug-likeness (QED) is 0.431. The number of nitro groups is 1. The van der Waals surface area contributed by atoms with Crippen molar-refractivity contribution in [3.63, 3.8) is 0 Å². The molecule has 3 rings (SSSR count). The molecular weight excluding hydrogens is 416 g/mol. The van der Waals surface area contributed by atoms with Gasteiger partial charge in [-0.2, -0.15) is 0 Å². The number of hydrogen-bond donors (Lipinski definition) is 2. The van der Waals surface area contributed by atoms with Gasteiger partial charge in [-0.25, -0.2) is 0 Å². The second-order valence-electron chi connectivity index (χ2n) is 6.40. The number of rotatable bonds is 4. The molecule has 152 valence electrons. The molecule has 0 atom stereocenters. The van der Waals surface area contributed by atoms with Crippen molar-refractivity contribution in [1.82, 2.24) is 5.32 Å². The molecule has 2 aromatic rings. The summed E-state index contributed by atoms with van der Waals surface area (Å²) in [7, 11) is 0. The molecule has 1 aliphatic heterocycles. The molecule has 0 radical (unpaired) electrons. The number of para-hydroxylation sites is 1. The Kier molecular flexibility index (Phi) is 6.63. The van der Waals surface area contributed by atoms with Crippen LogP contribution in [0.3, 0.4) is 0 Å². The lowest BCUT2D eigenvalue weighted by molar-refractivity contribution is -0.385. The maximum atomic E-state index is 12.5. The van der Waals surface area contributed by atoms with E-state index in [0.29, 0.717) is 42.6 Å². The molecule has 8 nitrogen and oxygen atoms in total. The van der Waals surface area contributed by atoms with Gasteiger partial charge in [-0.1, -0.05) is 23.7 Å². The second kappa shape index (κ2) is 9.17. The monoisotopic (exact) mass is 434 g/mol. The van der Waals surface area contributed by atoms with Crippen LogP contribution < -0.4 is 15.5 Å². The van der Waals surface area contributed by atoms with Gasteiger partial charge in [0.25, 0.3) is 11.6 Å². The number of thiocarbonyl (C=S) groups is 1. The van der Waals surface area contributed by atoms with Crippen molar-refractivity contribution in [2.75, 3.05) is 36.5 Å². The van der Waals surface area contributed by atoms with Gasteiger partial charge in [0.05, 0.1) is 34.5 Å². The van der Waals surface area contributed by atoms with Crippen LogP contribution in [0.2, 0.25) is 5.02 Å². The third kappa shape index (κ3) is 5.00. The first-order valence-corrected chi connectivity index (χ1v) is 9.64. The summed E-state index contributed by atoms with van der Waals surface area (Å²) in [5.41, 5.74) is 1.92. The van der Waals surface area contributed by atoms with Crippen LogP contribution in [0.25, 0.3) is 0 Å². The Morgan fingerprint density at radius 1 is 1.28 bits per heavy atom. The number of carbonyl (C=O) groups is 1. The van der Waals surface area contributed by atoms with Crippen molar-refractivity contribution < 1.29 is 14.5 Å². The van der Waals surface area contributed by atoms with E-state index in [4.69, 9.17) is 28.6 Å². The Hall–Kier alpha value is -2.75. The standard InChI is InChI=1S/C19H19ClN4O4S/c1-12-5-6-13(11-16(12)24(26)27)18(25)22-19(29)21-15-4-2-3-14(20)17(15)23-7-9-28-10-8-23/h2-6,11H,7-10H2,1H3,(H2,21,22,25,29). The van der Waals surface area contributed by atoms with E-state index in [0.717, 1.165) is 5.69 Å². The van der Waals surface area contributed by atoms with E-state index in [1.807, 2.05) is 6.07 Å². The van der Waals surface area contributed by atoms with E-state index >= 15 is 0 Å². The molecule has 1 aliphatic rings.